The molecule has 19 aromatic rings. The Bertz CT molecular complexity index is 6830. The molecule has 0 saturated heterocycles. The van der Waals surface area contributed by atoms with Crippen molar-refractivity contribution in [1.29, 1.82) is 0 Å². The highest BCUT2D eigenvalue weighted by molar-refractivity contribution is 5.95. The molecule has 2 nitrogen and oxygen atoms in total. The number of fused-ring (bicyclic) bond motifs is 11. The highest BCUT2D eigenvalue weighted by Gasteiger charge is 2.40. The van der Waals surface area contributed by atoms with E-state index >= 15 is 0 Å². The van der Waals surface area contributed by atoms with Crippen molar-refractivity contribution in [2.24, 2.45) is 0 Å². The normalized spacial score (nSPS) is 13.2. The van der Waals surface area contributed by atoms with Gasteiger partial charge in [0.1, 0.15) is 0 Å². The molecule has 0 saturated carbocycles. The summed E-state index contributed by atoms with van der Waals surface area (Å²) in [6, 6.07) is 161. The molecular weight excluding hydrogens is 1460 g/mol. The van der Waals surface area contributed by atoms with Crippen LogP contribution in [0.25, 0.3) is 144 Å². The molecular formula is C119H90N2. The molecule has 0 fully saturated rings. The third kappa shape index (κ3) is 13.4. The summed E-state index contributed by atoms with van der Waals surface area (Å²) in [5, 5.41) is 5.02. The average Bonchev–Trinajstić information content (AvgIpc) is 1.57. The van der Waals surface area contributed by atoms with Crippen LogP contribution in [0.3, 0.4) is 0 Å². The van der Waals surface area contributed by atoms with E-state index in [9.17, 15) is 0 Å². The number of nitrogens with zero attached hydrogens (tertiary/aromatic N) is 2. The van der Waals surface area contributed by atoms with Crippen LogP contribution in [0.2, 0.25) is 0 Å². The van der Waals surface area contributed by atoms with Crippen LogP contribution in [0.5, 0.6) is 0 Å². The predicted octanol–water partition coefficient (Wildman–Crippen LogP) is 32.9. The van der Waals surface area contributed by atoms with Crippen LogP contribution in [0, 0.1) is 0 Å². The number of hydrogen-bond donors (Lipinski definition) is 0. The smallest absolute Gasteiger partial charge is 0.0465 e. The summed E-state index contributed by atoms with van der Waals surface area (Å²) in [7, 11) is 0. The monoisotopic (exact) mass is 1550 g/mol. The molecule has 0 atom stereocenters. The SMILES string of the molecule is CC1(C)c2cc(-c3ccc(-c4ccccc4)cc3)ccc2-c2ccc(N(c3ccc(-c4ccc5ccccc5c4)cc3)c3ccc(-c4ccc5ccccc5c4)cc3)cc21.CC1(C)c2cc(-c3ccc(-c4ccccc4)cc3)ccc2-c2ccc(N(c3ccccc3)c3ccc4c(c3)C(C)(C)c3cc(-c5ccc(-c6ccccc6)cc5)ccc3-4)cc21. The molecule has 0 aliphatic heterocycles. The first kappa shape index (κ1) is 73.9. The van der Waals surface area contributed by atoms with Gasteiger partial charge in [0.15, 0.2) is 0 Å². The Kier molecular flexibility index (Phi) is 18.3. The molecule has 3 aliphatic rings. The Morgan fingerprint density at radius 1 is 0.132 bits per heavy atom. The van der Waals surface area contributed by atoms with E-state index in [0.29, 0.717) is 0 Å². The van der Waals surface area contributed by atoms with Crippen LogP contribution in [0.15, 0.2) is 437 Å². The number of benzene rings is 19. The number of anilines is 6. The van der Waals surface area contributed by atoms with Crippen LogP contribution < -0.4 is 9.80 Å². The van der Waals surface area contributed by atoms with Crippen molar-refractivity contribution in [2.75, 3.05) is 9.80 Å². The summed E-state index contributed by atoms with van der Waals surface area (Å²) in [6.07, 6.45) is 0. The van der Waals surface area contributed by atoms with Gasteiger partial charge in [-0.2, -0.15) is 0 Å². The van der Waals surface area contributed by atoms with Gasteiger partial charge >= 0.3 is 0 Å². The fraction of sp³-hybridized carbons (Fsp3) is 0.0756. The second kappa shape index (κ2) is 30.0. The molecule has 0 heterocycles. The van der Waals surface area contributed by atoms with Gasteiger partial charge in [0, 0.05) is 50.4 Å². The summed E-state index contributed by atoms with van der Waals surface area (Å²) in [5.74, 6) is 0. The Labute approximate surface area is 711 Å². The summed E-state index contributed by atoms with van der Waals surface area (Å²) >= 11 is 0. The number of rotatable bonds is 14. The molecule has 19 aromatic carbocycles. The van der Waals surface area contributed by atoms with Crippen LogP contribution in [0.1, 0.15) is 74.9 Å². The van der Waals surface area contributed by atoms with Gasteiger partial charge in [-0.1, -0.05) is 375 Å². The minimum atomic E-state index is -0.188. The zero-order chi connectivity index (χ0) is 81.5. The molecule has 0 N–H and O–H groups in total. The largest absolute Gasteiger partial charge is 0.310 e. The van der Waals surface area contributed by atoms with Crippen molar-refractivity contribution in [1.82, 2.24) is 0 Å². The van der Waals surface area contributed by atoms with E-state index in [4.69, 9.17) is 0 Å². The van der Waals surface area contributed by atoms with E-state index in [-0.39, 0.29) is 16.2 Å². The minimum Gasteiger partial charge on any atom is -0.310 e. The summed E-state index contributed by atoms with van der Waals surface area (Å²) in [5.41, 5.74) is 42.1. The molecule has 0 radical (unpaired) electrons. The van der Waals surface area contributed by atoms with Gasteiger partial charge in [-0.05, 0) is 280 Å². The summed E-state index contributed by atoms with van der Waals surface area (Å²) in [6.45, 7) is 14.3. The zero-order valence-corrected chi connectivity index (χ0v) is 69.0. The third-order valence-electron chi connectivity index (χ3n) is 26.2. The van der Waals surface area contributed by atoms with Crippen molar-refractivity contribution in [2.45, 2.75) is 57.8 Å². The molecule has 121 heavy (non-hydrogen) atoms. The van der Waals surface area contributed by atoms with Gasteiger partial charge in [0.25, 0.3) is 0 Å². The first-order valence-electron chi connectivity index (χ1n) is 42.4. The van der Waals surface area contributed by atoms with Crippen molar-refractivity contribution in [3.63, 3.8) is 0 Å². The van der Waals surface area contributed by atoms with Crippen LogP contribution in [-0.2, 0) is 16.2 Å². The standard InChI is InChI=1S/C60H47N.C59H43N/c1-59(2)55-36-46(44-24-20-42(21-25-44)40-14-8-5-9-15-40)28-32-51(55)53-34-30-49(38-57(53)59)61(48-18-12-7-13-19-48)50-31-35-54-52-33-29-47(37-56(52)60(3,4)58(54)39-50)45-26-22-43(23-27-45)41-16-10-6-11-17-41;1-59(2)57-38-51(44-18-16-43(17-19-44)40-10-4-3-5-11-40)28-34-55(57)56-35-33-54(39-58(56)59)60(52-29-24-45(25-30-52)49-22-20-41-12-6-8-14-47(41)36-49)53-31-26-46(27-32-53)50-23-21-42-13-7-9-15-48(42)37-50/h5-39H,1-4H3;3-39H,1-2H3. The maximum atomic E-state index is 2.44. The molecule has 22 rings (SSSR count). The fourth-order valence-corrected chi connectivity index (χ4v) is 19.4. The molecule has 3 aliphatic carbocycles. The van der Waals surface area contributed by atoms with Crippen molar-refractivity contribution >= 4 is 55.7 Å². The molecule has 0 aromatic heterocycles. The van der Waals surface area contributed by atoms with E-state index in [0.717, 1.165) is 34.1 Å². The zero-order valence-electron chi connectivity index (χ0n) is 69.0. The molecule has 0 spiro atoms. The Hall–Kier alpha value is -14.7. The average molecular weight is 1550 g/mol. The van der Waals surface area contributed by atoms with E-state index in [1.54, 1.807) is 0 Å². The predicted molar refractivity (Wildman–Crippen MR) is 513 cm³/mol. The lowest BCUT2D eigenvalue weighted by Gasteiger charge is -2.29. The second-order valence-electron chi connectivity index (χ2n) is 34.4. The first-order valence-corrected chi connectivity index (χ1v) is 42.4. The minimum absolute atomic E-state index is 0.176. The van der Waals surface area contributed by atoms with Crippen LogP contribution in [-0.4, -0.2) is 0 Å². The van der Waals surface area contributed by atoms with Gasteiger partial charge in [-0.15, -0.1) is 0 Å². The van der Waals surface area contributed by atoms with Crippen molar-refractivity contribution < 1.29 is 0 Å². The molecule has 0 bridgehead atoms. The van der Waals surface area contributed by atoms with Gasteiger partial charge in [-0.25, -0.2) is 0 Å². The highest BCUT2D eigenvalue weighted by Crippen LogP contribution is 2.56. The summed E-state index contributed by atoms with van der Waals surface area (Å²) in [4.78, 5) is 4.85. The first-order chi connectivity index (χ1) is 59.2. The van der Waals surface area contributed by atoms with Gasteiger partial charge in [0.2, 0.25) is 0 Å². The fourth-order valence-electron chi connectivity index (χ4n) is 19.4. The van der Waals surface area contributed by atoms with Crippen LogP contribution >= 0.6 is 0 Å². The van der Waals surface area contributed by atoms with Gasteiger partial charge in [0.05, 0.1) is 0 Å². The lowest BCUT2D eigenvalue weighted by Crippen LogP contribution is -2.18. The molecule has 0 amide bonds. The Morgan fingerprint density at radius 3 is 0.612 bits per heavy atom. The number of para-hydroxylation sites is 1. The Morgan fingerprint density at radius 2 is 0.314 bits per heavy atom. The van der Waals surface area contributed by atoms with Crippen molar-refractivity contribution in [3.05, 3.63) is 470 Å². The Balaban J connectivity index is 0.000000149. The molecule has 0 unspecified atom stereocenters. The quantitative estimate of drug-likeness (QED) is 0.107. The maximum absolute atomic E-state index is 2.44. The van der Waals surface area contributed by atoms with Crippen molar-refractivity contribution in [3.8, 4) is 122 Å². The third-order valence-corrected chi connectivity index (χ3v) is 26.2. The van der Waals surface area contributed by atoms with E-state index in [1.807, 2.05) is 0 Å². The molecule has 576 valence electrons. The second-order valence-corrected chi connectivity index (χ2v) is 34.4. The highest BCUT2D eigenvalue weighted by atomic mass is 15.1. The number of hydrogen-bond acceptors (Lipinski definition) is 2. The van der Waals surface area contributed by atoms with Crippen LogP contribution in [0.4, 0.5) is 34.1 Å². The van der Waals surface area contributed by atoms with E-state index in [2.05, 4.69) is 488 Å². The lowest BCUT2D eigenvalue weighted by atomic mass is 9.81. The van der Waals surface area contributed by atoms with E-state index < -0.39 is 0 Å². The van der Waals surface area contributed by atoms with E-state index in [1.165, 1.54) is 177 Å². The lowest BCUT2D eigenvalue weighted by molar-refractivity contribution is 0.660. The summed E-state index contributed by atoms with van der Waals surface area (Å²) < 4.78 is 0. The molecule has 2 heteroatoms. The topological polar surface area (TPSA) is 6.48 Å². The van der Waals surface area contributed by atoms with Gasteiger partial charge < -0.3 is 9.80 Å². The van der Waals surface area contributed by atoms with Gasteiger partial charge in [-0.3, -0.25) is 0 Å². The maximum Gasteiger partial charge on any atom is 0.0465 e.